The highest BCUT2D eigenvalue weighted by Gasteiger charge is 2.47. The standard InChI is InChI=1S/C32H12BF24.C14H11NO3/c34-25(35,36)13-1-14(26(37,38)39)6-21(5-13)33(22-7-15(27(40,41)42)2-16(8-22)28(43,44)45,23-9-17(29(46,47)48)3-18(10-23)30(49,50)51)24-11-19(31(52,53)54)4-20(12-24)32(55,56)57;16-13(11-6-2-1-3-7-11)10-15-9-5-4-8-12(15)14(17)18/h1-12H;1-9H,10H2/q-1;/p+1. The Morgan fingerprint density at radius 2 is 0.600 bits per heavy atom. The van der Waals surface area contributed by atoms with Crippen LogP contribution in [0, 0.1) is 0 Å². The second kappa shape index (κ2) is 20.1. The van der Waals surface area contributed by atoms with E-state index in [4.69, 9.17) is 5.11 Å². The highest BCUT2D eigenvalue weighted by molar-refractivity contribution is 7.20. The minimum absolute atomic E-state index is 0.0203. The van der Waals surface area contributed by atoms with Gasteiger partial charge in [-0.25, -0.2) is 4.79 Å². The normalized spacial score (nSPS) is 13.3. The van der Waals surface area contributed by atoms with Gasteiger partial charge >= 0.3 is 55.4 Å². The predicted molar refractivity (Wildman–Crippen MR) is 214 cm³/mol. The number of aromatic nitrogens is 1. The van der Waals surface area contributed by atoms with Gasteiger partial charge in [-0.15, -0.1) is 0 Å². The lowest BCUT2D eigenvalue weighted by molar-refractivity contribution is -0.685. The van der Waals surface area contributed by atoms with Crippen LogP contribution in [0.2, 0.25) is 0 Å². The van der Waals surface area contributed by atoms with E-state index in [1.807, 2.05) is 6.07 Å². The van der Waals surface area contributed by atoms with Gasteiger partial charge < -0.3 is 5.11 Å². The van der Waals surface area contributed by atoms with Gasteiger partial charge in [-0.3, -0.25) is 4.79 Å². The van der Waals surface area contributed by atoms with Crippen molar-refractivity contribution in [1.82, 2.24) is 0 Å². The van der Waals surface area contributed by atoms with Crippen LogP contribution in [0.25, 0.3) is 0 Å². The van der Waals surface area contributed by atoms with Crippen LogP contribution >= 0.6 is 0 Å². The first-order chi connectivity index (χ1) is 33.9. The van der Waals surface area contributed by atoms with E-state index in [9.17, 15) is 115 Å². The number of ketones is 1. The molecule has 0 saturated carbocycles. The molecular weight excluding hydrogens is 1080 g/mol. The molecule has 0 bridgehead atoms. The van der Waals surface area contributed by atoms with Crippen molar-refractivity contribution < 1.29 is 125 Å². The first-order valence-electron chi connectivity index (χ1n) is 20.1. The number of hydrogen-bond donors (Lipinski definition) is 1. The number of benzene rings is 5. The number of carboxylic acids is 1. The molecule has 1 aromatic heterocycles. The molecule has 0 spiro atoms. The number of carbonyl (C=O) groups is 2. The third-order valence-electron chi connectivity index (χ3n) is 11.0. The maximum atomic E-state index is 14.2. The molecule has 0 atom stereocenters. The predicted octanol–water partition coefficient (Wildman–Crippen LogP) is 12.8. The van der Waals surface area contributed by atoms with Crippen LogP contribution in [-0.4, -0.2) is 23.0 Å². The first-order valence-corrected chi connectivity index (χ1v) is 20.1. The second-order valence-corrected chi connectivity index (χ2v) is 16.0. The Labute approximate surface area is 403 Å². The van der Waals surface area contributed by atoms with Crippen LogP contribution < -0.4 is 26.4 Å². The molecule has 6 rings (SSSR count). The van der Waals surface area contributed by atoms with E-state index in [0.29, 0.717) is 5.56 Å². The molecular formula is C46H24BF24NO3. The van der Waals surface area contributed by atoms with E-state index < -0.39 is 201 Å². The van der Waals surface area contributed by atoms with Crippen LogP contribution in [0.1, 0.15) is 65.4 Å². The Hall–Kier alpha value is -7.23. The van der Waals surface area contributed by atoms with Gasteiger partial charge in [0.25, 0.3) is 5.69 Å². The lowest BCUT2D eigenvalue weighted by Gasteiger charge is -2.46. The summed E-state index contributed by atoms with van der Waals surface area (Å²) in [5, 5.41) is 9.02. The molecule has 1 heterocycles. The van der Waals surface area contributed by atoms with Crippen molar-refractivity contribution in [2.24, 2.45) is 0 Å². The summed E-state index contributed by atoms with van der Waals surface area (Å²) >= 11 is 0. The third kappa shape index (κ3) is 13.6. The van der Waals surface area contributed by atoms with Crippen molar-refractivity contribution in [3.8, 4) is 0 Å². The van der Waals surface area contributed by atoms with Gasteiger partial charge in [-0.05, 0) is 30.3 Å². The smallest absolute Gasteiger partial charge is 0.416 e. The SMILES string of the molecule is FC(F)(F)c1cc([B-](c2cc(C(F)(F)F)cc(C(F)(F)F)c2)(c2cc(C(F)(F)F)cc(C(F)(F)F)c2)c2cc(C(F)(F)F)cc(C(F)(F)F)c2)cc(C(F)(F)F)c1.O=C(C[n+]1ccccc1C(=O)O)c1ccccc1. The van der Waals surface area contributed by atoms with Crippen LogP contribution in [0.15, 0.2) is 128 Å². The molecule has 0 aliphatic carbocycles. The summed E-state index contributed by atoms with van der Waals surface area (Å²) in [6.45, 7) is 0.0203. The van der Waals surface area contributed by atoms with Gasteiger partial charge in [-0.2, -0.15) is 132 Å². The molecule has 6 aromatic rings. The highest BCUT2D eigenvalue weighted by Crippen LogP contribution is 2.41. The fourth-order valence-corrected chi connectivity index (χ4v) is 7.75. The average Bonchev–Trinajstić information content (AvgIpc) is 3.27. The zero-order chi connectivity index (χ0) is 56.9. The molecule has 0 radical (unpaired) electrons. The summed E-state index contributed by atoms with van der Waals surface area (Å²) in [6, 6.07) is 4.81. The average molecular weight is 1110 g/mol. The number of alkyl halides is 24. The number of pyridine rings is 1. The number of rotatable bonds is 8. The number of nitrogens with zero attached hydrogens (tertiary/aromatic N) is 1. The molecule has 75 heavy (non-hydrogen) atoms. The quantitative estimate of drug-likeness (QED) is 0.0715. The van der Waals surface area contributed by atoms with Crippen LogP contribution in [0.4, 0.5) is 105 Å². The summed E-state index contributed by atoms with van der Waals surface area (Å²) in [5.41, 5.74) is -29.5. The number of Topliss-reactive ketones (excluding diaryl/α,β-unsaturated/α-hetero) is 1. The Bertz CT molecular complexity index is 2640. The van der Waals surface area contributed by atoms with Crippen molar-refractivity contribution >= 4 is 39.7 Å². The Morgan fingerprint density at radius 3 is 0.827 bits per heavy atom. The lowest BCUT2D eigenvalue weighted by atomic mass is 9.12. The minimum atomic E-state index is -6.13. The number of hydrogen-bond acceptors (Lipinski definition) is 2. The van der Waals surface area contributed by atoms with Gasteiger partial charge in [0.1, 0.15) is 6.15 Å². The van der Waals surface area contributed by atoms with Crippen LogP contribution in [0.5, 0.6) is 0 Å². The lowest BCUT2D eigenvalue weighted by Crippen LogP contribution is -2.75. The molecule has 5 aromatic carbocycles. The maximum absolute atomic E-state index is 14.2. The number of aromatic carboxylic acids is 1. The molecule has 0 aliphatic rings. The van der Waals surface area contributed by atoms with Crippen molar-refractivity contribution in [3.63, 3.8) is 0 Å². The molecule has 4 nitrogen and oxygen atoms in total. The van der Waals surface area contributed by atoms with Crippen molar-refractivity contribution in [1.29, 1.82) is 0 Å². The molecule has 0 amide bonds. The van der Waals surface area contributed by atoms with Gasteiger partial charge in [0.2, 0.25) is 12.3 Å². The van der Waals surface area contributed by atoms with E-state index >= 15 is 0 Å². The molecule has 0 fully saturated rings. The van der Waals surface area contributed by atoms with Gasteiger partial charge in [0, 0.05) is 17.7 Å². The van der Waals surface area contributed by atoms with E-state index in [-0.39, 0.29) is 18.0 Å². The fourth-order valence-electron chi connectivity index (χ4n) is 7.75. The monoisotopic (exact) mass is 1110 g/mol. The van der Waals surface area contributed by atoms with E-state index in [2.05, 4.69) is 0 Å². The van der Waals surface area contributed by atoms with Gasteiger partial charge in [0.05, 0.1) is 44.5 Å². The van der Waals surface area contributed by atoms with Gasteiger partial charge in [-0.1, -0.05) is 78.9 Å². The second-order valence-electron chi connectivity index (χ2n) is 16.0. The van der Waals surface area contributed by atoms with Crippen molar-refractivity contribution in [2.75, 3.05) is 0 Å². The summed E-state index contributed by atoms with van der Waals surface area (Å²) in [6.07, 6.45) is -53.2. The van der Waals surface area contributed by atoms with Crippen LogP contribution in [0.3, 0.4) is 0 Å². The van der Waals surface area contributed by atoms with Crippen LogP contribution in [-0.2, 0) is 56.0 Å². The molecule has 0 unspecified atom stereocenters. The Balaban J connectivity index is 0.000000483. The maximum Gasteiger partial charge on any atom is 0.416 e. The van der Waals surface area contributed by atoms with Crippen molar-refractivity contribution in [3.05, 3.63) is 183 Å². The first kappa shape index (κ1) is 58.7. The summed E-state index contributed by atoms with van der Waals surface area (Å²) in [5.74, 6) is -1.16. The minimum Gasteiger partial charge on any atom is -0.473 e. The van der Waals surface area contributed by atoms with Crippen molar-refractivity contribution in [2.45, 2.75) is 56.0 Å². The van der Waals surface area contributed by atoms with E-state index in [0.717, 1.165) is 0 Å². The topological polar surface area (TPSA) is 58.2 Å². The molecule has 0 saturated heterocycles. The summed E-state index contributed by atoms with van der Waals surface area (Å²) < 4.78 is 342. The summed E-state index contributed by atoms with van der Waals surface area (Å²) in [4.78, 5) is 23.0. The molecule has 0 aliphatic heterocycles. The fraction of sp³-hybridized carbons (Fsp3) is 0.196. The largest absolute Gasteiger partial charge is 0.473 e. The zero-order valence-electron chi connectivity index (χ0n) is 36.2. The molecule has 402 valence electrons. The highest BCUT2D eigenvalue weighted by atomic mass is 19.4. The van der Waals surface area contributed by atoms with E-state index in [1.165, 1.54) is 10.6 Å². The molecule has 29 heteroatoms. The zero-order valence-corrected chi connectivity index (χ0v) is 36.2. The van der Waals surface area contributed by atoms with Gasteiger partial charge in [0.15, 0.2) is 6.20 Å². The summed E-state index contributed by atoms with van der Waals surface area (Å²) in [7, 11) is 0. The Morgan fingerprint density at radius 1 is 0.360 bits per heavy atom. The third-order valence-corrected chi connectivity index (χ3v) is 11.0. The Kier molecular flexibility index (Phi) is 15.8. The number of carboxylic acid groups (broad SMARTS) is 1. The molecule has 1 N–H and O–H groups in total. The van der Waals surface area contributed by atoms with E-state index in [1.54, 1.807) is 42.6 Å². The number of halogens is 24. The number of carbonyl (C=O) groups excluding carboxylic acids is 1.